The van der Waals surface area contributed by atoms with Crippen LogP contribution in [0.5, 0.6) is 0 Å². The first-order valence-electron chi connectivity index (χ1n) is 5.15. The zero-order valence-electron chi connectivity index (χ0n) is 9.08. The summed E-state index contributed by atoms with van der Waals surface area (Å²) in [5.41, 5.74) is 15.5. The number of benzene rings is 2. The third kappa shape index (κ3) is 2.64. The summed E-state index contributed by atoms with van der Waals surface area (Å²) in [6.45, 7) is 0. The molecule has 0 unspecified atom stereocenters. The Balaban J connectivity index is 2.38. The van der Waals surface area contributed by atoms with Gasteiger partial charge in [-0.25, -0.2) is 0 Å². The standard InChI is InChI=1S/C13H12Br2N2/c14-12-8(3-1-5-10(12)16)7-9-4-2-6-11(17)13(9)15/h1-6H,7,16-17H2. The summed E-state index contributed by atoms with van der Waals surface area (Å²) < 4.78 is 1.91. The molecule has 88 valence electrons. The largest absolute Gasteiger partial charge is 0.398 e. The average Bonchev–Trinajstić information content (AvgIpc) is 2.31. The summed E-state index contributed by atoms with van der Waals surface area (Å²) in [7, 11) is 0. The fourth-order valence-electron chi connectivity index (χ4n) is 1.68. The number of nitrogens with two attached hydrogens (primary N) is 2. The van der Waals surface area contributed by atoms with Crippen molar-refractivity contribution in [1.82, 2.24) is 0 Å². The van der Waals surface area contributed by atoms with Crippen molar-refractivity contribution >= 4 is 43.2 Å². The quantitative estimate of drug-likeness (QED) is 0.801. The lowest BCUT2D eigenvalue weighted by Gasteiger charge is -2.09. The molecule has 0 radical (unpaired) electrons. The summed E-state index contributed by atoms with van der Waals surface area (Å²) in [4.78, 5) is 0. The van der Waals surface area contributed by atoms with E-state index in [1.165, 1.54) is 0 Å². The van der Waals surface area contributed by atoms with Crippen LogP contribution in [-0.2, 0) is 6.42 Å². The van der Waals surface area contributed by atoms with Crippen LogP contribution in [0.1, 0.15) is 11.1 Å². The molecule has 0 spiro atoms. The third-order valence-corrected chi connectivity index (χ3v) is 4.53. The molecule has 0 saturated heterocycles. The fraction of sp³-hybridized carbons (Fsp3) is 0.0769. The second-order valence-electron chi connectivity index (χ2n) is 3.82. The highest BCUT2D eigenvalue weighted by molar-refractivity contribution is 9.11. The number of anilines is 2. The van der Waals surface area contributed by atoms with E-state index >= 15 is 0 Å². The third-order valence-electron chi connectivity index (χ3n) is 2.60. The fourth-order valence-corrected chi connectivity index (χ4v) is 2.49. The van der Waals surface area contributed by atoms with Gasteiger partial charge in [0, 0.05) is 20.3 Å². The van der Waals surface area contributed by atoms with Gasteiger partial charge in [0.25, 0.3) is 0 Å². The molecule has 2 aromatic carbocycles. The monoisotopic (exact) mass is 354 g/mol. The highest BCUT2D eigenvalue weighted by Crippen LogP contribution is 2.30. The molecule has 0 aliphatic carbocycles. The van der Waals surface area contributed by atoms with Crippen molar-refractivity contribution in [3.8, 4) is 0 Å². The highest BCUT2D eigenvalue weighted by atomic mass is 79.9. The molecular weight excluding hydrogens is 344 g/mol. The maximum Gasteiger partial charge on any atom is 0.0461 e. The van der Waals surface area contributed by atoms with Crippen LogP contribution in [0.15, 0.2) is 45.3 Å². The predicted molar refractivity (Wildman–Crippen MR) is 79.9 cm³/mol. The van der Waals surface area contributed by atoms with Gasteiger partial charge in [0.15, 0.2) is 0 Å². The van der Waals surface area contributed by atoms with Crippen LogP contribution < -0.4 is 11.5 Å². The Morgan fingerprint density at radius 1 is 0.765 bits per heavy atom. The van der Waals surface area contributed by atoms with Gasteiger partial charge >= 0.3 is 0 Å². The maximum atomic E-state index is 5.86. The van der Waals surface area contributed by atoms with Gasteiger partial charge in [0.1, 0.15) is 0 Å². The first-order valence-corrected chi connectivity index (χ1v) is 6.74. The number of hydrogen-bond donors (Lipinski definition) is 2. The summed E-state index contributed by atoms with van der Waals surface area (Å²) in [6, 6.07) is 11.8. The lowest BCUT2D eigenvalue weighted by atomic mass is 10.0. The number of halogens is 2. The molecule has 0 aromatic heterocycles. The summed E-state index contributed by atoms with van der Waals surface area (Å²) in [5, 5.41) is 0. The maximum absolute atomic E-state index is 5.86. The molecule has 2 nitrogen and oxygen atoms in total. The second-order valence-corrected chi connectivity index (χ2v) is 5.40. The van der Waals surface area contributed by atoms with Gasteiger partial charge < -0.3 is 11.5 Å². The minimum Gasteiger partial charge on any atom is -0.398 e. The van der Waals surface area contributed by atoms with Crippen molar-refractivity contribution in [3.63, 3.8) is 0 Å². The van der Waals surface area contributed by atoms with Crippen LogP contribution in [0, 0.1) is 0 Å². The van der Waals surface area contributed by atoms with E-state index in [9.17, 15) is 0 Å². The Morgan fingerprint density at radius 3 is 1.59 bits per heavy atom. The van der Waals surface area contributed by atoms with E-state index in [-0.39, 0.29) is 0 Å². The first-order chi connectivity index (χ1) is 8.09. The van der Waals surface area contributed by atoms with Crippen molar-refractivity contribution in [2.45, 2.75) is 6.42 Å². The van der Waals surface area contributed by atoms with Crippen molar-refractivity contribution < 1.29 is 0 Å². The second kappa shape index (κ2) is 5.10. The molecule has 0 amide bonds. The lowest BCUT2D eigenvalue weighted by molar-refractivity contribution is 1.17. The zero-order valence-corrected chi connectivity index (χ0v) is 12.3. The number of hydrogen-bond acceptors (Lipinski definition) is 2. The van der Waals surface area contributed by atoms with Crippen LogP contribution in [0.25, 0.3) is 0 Å². The van der Waals surface area contributed by atoms with Gasteiger partial charge in [0.05, 0.1) is 0 Å². The Hall–Kier alpha value is -1.00. The van der Waals surface area contributed by atoms with Crippen LogP contribution in [-0.4, -0.2) is 0 Å². The van der Waals surface area contributed by atoms with Crippen LogP contribution >= 0.6 is 31.9 Å². The molecule has 0 heterocycles. The van der Waals surface area contributed by atoms with Gasteiger partial charge in [-0.05, 0) is 61.5 Å². The molecule has 0 fully saturated rings. The topological polar surface area (TPSA) is 52.0 Å². The molecule has 0 saturated carbocycles. The molecule has 0 aliphatic rings. The molecule has 0 aliphatic heterocycles. The summed E-state index contributed by atoms with van der Waals surface area (Å²) in [5.74, 6) is 0. The molecule has 4 heteroatoms. The van der Waals surface area contributed by atoms with Gasteiger partial charge in [-0.2, -0.15) is 0 Å². The SMILES string of the molecule is Nc1cccc(Cc2cccc(N)c2Br)c1Br. The van der Waals surface area contributed by atoms with Crippen molar-refractivity contribution in [3.05, 3.63) is 56.5 Å². The van der Waals surface area contributed by atoms with E-state index in [0.29, 0.717) is 0 Å². The smallest absolute Gasteiger partial charge is 0.0461 e. The van der Waals surface area contributed by atoms with Crippen LogP contribution in [0.3, 0.4) is 0 Å². The van der Waals surface area contributed by atoms with Gasteiger partial charge in [-0.3, -0.25) is 0 Å². The van der Waals surface area contributed by atoms with Crippen LogP contribution in [0.4, 0.5) is 11.4 Å². The van der Waals surface area contributed by atoms with Crippen molar-refractivity contribution in [1.29, 1.82) is 0 Å². The molecule has 0 bridgehead atoms. The van der Waals surface area contributed by atoms with Crippen LogP contribution in [0.2, 0.25) is 0 Å². The summed E-state index contributed by atoms with van der Waals surface area (Å²) in [6.07, 6.45) is 0.789. The van der Waals surface area contributed by atoms with E-state index in [4.69, 9.17) is 11.5 Å². The van der Waals surface area contributed by atoms with E-state index in [0.717, 1.165) is 37.9 Å². The first kappa shape index (κ1) is 12.5. The summed E-state index contributed by atoms with van der Waals surface area (Å²) >= 11 is 7.02. The Morgan fingerprint density at radius 2 is 1.18 bits per heavy atom. The number of nitrogen functional groups attached to an aromatic ring is 2. The predicted octanol–water partition coefficient (Wildman–Crippen LogP) is 3.97. The van der Waals surface area contributed by atoms with Gasteiger partial charge in [-0.1, -0.05) is 24.3 Å². The minimum absolute atomic E-state index is 0.752. The Bertz CT molecular complexity index is 504. The lowest BCUT2D eigenvalue weighted by Crippen LogP contribution is -1.96. The van der Waals surface area contributed by atoms with Gasteiger partial charge in [0.2, 0.25) is 0 Å². The molecule has 2 aromatic rings. The number of rotatable bonds is 2. The Labute approximate surface area is 117 Å². The molecule has 0 atom stereocenters. The molecule has 2 rings (SSSR count). The average molecular weight is 356 g/mol. The normalized spacial score (nSPS) is 10.5. The van der Waals surface area contributed by atoms with Crippen molar-refractivity contribution in [2.24, 2.45) is 0 Å². The van der Waals surface area contributed by atoms with E-state index < -0.39 is 0 Å². The van der Waals surface area contributed by atoms with E-state index in [2.05, 4.69) is 44.0 Å². The Kier molecular flexibility index (Phi) is 3.74. The van der Waals surface area contributed by atoms with Gasteiger partial charge in [-0.15, -0.1) is 0 Å². The highest BCUT2D eigenvalue weighted by Gasteiger charge is 2.07. The molecule has 17 heavy (non-hydrogen) atoms. The van der Waals surface area contributed by atoms with E-state index in [1.54, 1.807) is 0 Å². The molecule has 4 N–H and O–H groups in total. The minimum atomic E-state index is 0.752. The van der Waals surface area contributed by atoms with E-state index in [1.807, 2.05) is 24.3 Å². The zero-order chi connectivity index (χ0) is 12.4. The van der Waals surface area contributed by atoms with Crippen molar-refractivity contribution in [2.75, 3.05) is 11.5 Å². The molecular formula is C13H12Br2N2.